The summed E-state index contributed by atoms with van der Waals surface area (Å²) < 4.78 is 31.0. The minimum atomic E-state index is -3.59. The molecule has 1 aliphatic heterocycles. The van der Waals surface area contributed by atoms with Crippen LogP contribution in [0.4, 0.5) is 5.69 Å². The molecule has 0 radical (unpaired) electrons. The lowest BCUT2D eigenvalue weighted by atomic mass is 9.92. The average Bonchev–Trinajstić information content (AvgIpc) is 2.53. The molecule has 1 amide bonds. The van der Waals surface area contributed by atoms with Crippen molar-refractivity contribution in [3.8, 4) is 5.75 Å². The zero-order chi connectivity index (χ0) is 19.5. The number of nitrogens with one attached hydrogen (secondary N) is 1. The third-order valence-electron chi connectivity index (χ3n) is 4.54. The number of nitrogens with zero attached hydrogens (tertiary/aromatic N) is 2. The van der Waals surface area contributed by atoms with Crippen LogP contribution in [-0.4, -0.2) is 64.4 Å². The summed E-state index contributed by atoms with van der Waals surface area (Å²) in [5.41, 5.74) is 0.360. The van der Waals surface area contributed by atoms with Gasteiger partial charge < -0.3 is 10.1 Å². The van der Waals surface area contributed by atoms with Crippen molar-refractivity contribution in [1.82, 2.24) is 9.21 Å². The number of hydrogen-bond donors (Lipinski definition) is 1. The number of anilines is 1. The fourth-order valence-corrected chi connectivity index (χ4v) is 4.40. The van der Waals surface area contributed by atoms with Crippen LogP contribution in [0, 0.1) is 11.8 Å². The first kappa shape index (κ1) is 20.7. The second-order valence-corrected chi connectivity index (χ2v) is 9.49. The molecule has 26 heavy (non-hydrogen) atoms. The van der Waals surface area contributed by atoms with Gasteiger partial charge in [0.05, 0.1) is 24.2 Å². The Labute approximate surface area is 156 Å². The second kappa shape index (κ2) is 8.37. The molecule has 1 aromatic rings. The third kappa shape index (κ3) is 4.96. The molecule has 1 aromatic carbocycles. The second-order valence-electron chi connectivity index (χ2n) is 7.34. The number of likely N-dealkylation sites (tertiary alicyclic amines) is 1. The molecule has 0 bridgehead atoms. The van der Waals surface area contributed by atoms with Gasteiger partial charge in [0.15, 0.2) is 0 Å². The Balaban J connectivity index is 2.15. The van der Waals surface area contributed by atoms with Crippen molar-refractivity contribution in [3.05, 3.63) is 18.2 Å². The van der Waals surface area contributed by atoms with Gasteiger partial charge in [-0.1, -0.05) is 13.8 Å². The lowest BCUT2D eigenvalue weighted by Crippen LogP contribution is -2.42. The Hall–Kier alpha value is -1.64. The van der Waals surface area contributed by atoms with Gasteiger partial charge in [-0.15, -0.1) is 0 Å². The van der Waals surface area contributed by atoms with E-state index in [2.05, 4.69) is 24.1 Å². The highest BCUT2D eigenvalue weighted by Crippen LogP contribution is 2.28. The first-order valence-electron chi connectivity index (χ1n) is 8.76. The summed E-state index contributed by atoms with van der Waals surface area (Å²) in [6, 6.07) is 4.46. The van der Waals surface area contributed by atoms with Gasteiger partial charge in [-0.3, -0.25) is 9.69 Å². The smallest absolute Gasteiger partial charge is 0.242 e. The van der Waals surface area contributed by atoms with Crippen molar-refractivity contribution >= 4 is 21.6 Å². The van der Waals surface area contributed by atoms with E-state index in [9.17, 15) is 13.2 Å². The van der Waals surface area contributed by atoms with E-state index in [4.69, 9.17) is 4.74 Å². The summed E-state index contributed by atoms with van der Waals surface area (Å²) >= 11 is 0. The number of piperidine rings is 1. The molecule has 0 spiro atoms. The quantitative estimate of drug-likeness (QED) is 0.811. The maximum absolute atomic E-state index is 12.5. The summed E-state index contributed by atoms with van der Waals surface area (Å²) in [4.78, 5) is 14.7. The molecule has 8 heteroatoms. The molecule has 7 nitrogen and oxygen atoms in total. The van der Waals surface area contributed by atoms with Gasteiger partial charge in [0.25, 0.3) is 0 Å². The molecule has 0 unspecified atom stereocenters. The first-order valence-corrected chi connectivity index (χ1v) is 10.2. The summed E-state index contributed by atoms with van der Waals surface area (Å²) in [6.45, 7) is 6.45. The van der Waals surface area contributed by atoms with E-state index in [0.29, 0.717) is 23.3 Å². The number of sulfonamides is 1. The van der Waals surface area contributed by atoms with Crippen LogP contribution in [0.1, 0.15) is 20.3 Å². The minimum Gasteiger partial charge on any atom is -0.495 e. The van der Waals surface area contributed by atoms with E-state index < -0.39 is 10.0 Å². The highest BCUT2D eigenvalue weighted by Gasteiger charge is 2.24. The lowest BCUT2D eigenvalue weighted by molar-refractivity contribution is -0.117. The number of benzene rings is 1. The number of ether oxygens (including phenoxy) is 1. The molecular formula is C18H29N3O4S. The Morgan fingerprint density at radius 1 is 1.27 bits per heavy atom. The summed E-state index contributed by atoms with van der Waals surface area (Å²) in [6.07, 6.45) is 1.18. The number of rotatable bonds is 6. The number of methoxy groups -OCH3 is 1. The van der Waals surface area contributed by atoms with Crippen LogP contribution in [0.5, 0.6) is 5.75 Å². The Kier molecular flexibility index (Phi) is 6.65. The SMILES string of the molecule is COc1ccc(S(=O)(=O)N(C)C)cc1NC(=O)CN1C[C@H](C)C[C@@H](C)C1. The zero-order valence-electron chi connectivity index (χ0n) is 16.2. The molecule has 2 rings (SSSR count). The highest BCUT2D eigenvalue weighted by atomic mass is 32.2. The predicted octanol–water partition coefficient (Wildman–Crippen LogP) is 1.86. The summed E-state index contributed by atoms with van der Waals surface area (Å²) in [5.74, 6) is 1.38. The van der Waals surface area contributed by atoms with Crippen molar-refractivity contribution in [1.29, 1.82) is 0 Å². The fraction of sp³-hybridized carbons (Fsp3) is 0.611. The van der Waals surface area contributed by atoms with Crippen molar-refractivity contribution in [3.63, 3.8) is 0 Å². The molecule has 1 saturated heterocycles. The van der Waals surface area contributed by atoms with Crippen molar-refractivity contribution in [2.45, 2.75) is 25.2 Å². The van der Waals surface area contributed by atoms with Gasteiger partial charge in [0.1, 0.15) is 5.75 Å². The van der Waals surface area contributed by atoms with E-state index in [1.54, 1.807) is 6.07 Å². The fourth-order valence-electron chi connectivity index (χ4n) is 3.47. The Morgan fingerprint density at radius 3 is 2.42 bits per heavy atom. The Morgan fingerprint density at radius 2 is 1.88 bits per heavy atom. The number of carbonyl (C=O) groups is 1. The molecule has 1 heterocycles. The topological polar surface area (TPSA) is 79.0 Å². The van der Waals surface area contributed by atoms with E-state index in [1.165, 1.54) is 39.8 Å². The third-order valence-corrected chi connectivity index (χ3v) is 6.35. The van der Waals surface area contributed by atoms with Crippen LogP contribution in [0.15, 0.2) is 23.1 Å². The summed E-state index contributed by atoms with van der Waals surface area (Å²) in [5, 5.41) is 2.80. The predicted molar refractivity (Wildman–Crippen MR) is 102 cm³/mol. The average molecular weight is 384 g/mol. The monoisotopic (exact) mass is 383 g/mol. The van der Waals surface area contributed by atoms with Crippen molar-refractivity contribution in [2.75, 3.05) is 46.2 Å². The normalized spacial score (nSPS) is 21.6. The standard InChI is InChI=1S/C18H29N3O4S/c1-13-8-14(2)11-21(10-13)12-18(22)19-16-9-15(6-7-17(16)25-5)26(23,24)20(3)4/h6-7,9,13-14H,8,10-12H2,1-5H3,(H,19,22)/t13-,14-/m1/s1. The van der Waals surface area contributed by atoms with E-state index >= 15 is 0 Å². The largest absolute Gasteiger partial charge is 0.495 e. The molecule has 1 aliphatic rings. The van der Waals surface area contributed by atoms with Gasteiger partial charge in [0.2, 0.25) is 15.9 Å². The molecule has 2 atom stereocenters. The molecule has 0 saturated carbocycles. The molecule has 1 fully saturated rings. The van der Waals surface area contributed by atoms with Crippen LogP contribution in [0.3, 0.4) is 0 Å². The maximum Gasteiger partial charge on any atom is 0.242 e. The molecule has 146 valence electrons. The van der Waals surface area contributed by atoms with Crippen LogP contribution in [0.25, 0.3) is 0 Å². The Bertz CT molecular complexity index is 739. The van der Waals surface area contributed by atoms with Crippen molar-refractivity contribution < 1.29 is 17.9 Å². The molecule has 1 N–H and O–H groups in total. The summed E-state index contributed by atoms with van der Waals surface area (Å²) in [7, 11) is 0.837. The lowest BCUT2D eigenvalue weighted by Gasteiger charge is -2.34. The van der Waals surface area contributed by atoms with Gasteiger partial charge >= 0.3 is 0 Å². The molecule has 0 aliphatic carbocycles. The van der Waals surface area contributed by atoms with E-state index in [1.807, 2.05) is 0 Å². The van der Waals surface area contributed by atoms with Gasteiger partial charge in [0, 0.05) is 27.2 Å². The van der Waals surface area contributed by atoms with Crippen LogP contribution < -0.4 is 10.1 Å². The van der Waals surface area contributed by atoms with Gasteiger partial charge in [-0.05, 0) is 36.5 Å². The van der Waals surface area contributed by atoms with Crippen LogP contribution in [0.2, 0.25) is 0 Å². The van der Waals surface area contributed by atoms with Crippen LogP contribution >= 0.6 is 0 Å². The van der Waals surface area contributed by atoms with E-state index in [-0.39, 0.29) is 17.3 Å². The minimum absolute atomic E-state index is 0.110. The van der Waals surface area contributed by atoms with Gasteiger partial charge in [-0.25, -0.2) is 12.7 Å². The number of amides is 1. The first-order chi connectivity index (χ1) is 12.1. The zero-order valence-corrected chi connectivity index (χ0v) is 17.0. The highest BCUT2D eigenvalue weighted by molar-refractivity contribution is 7.89. The van der Waals surface area contributed by atoms with Gasteiger partial charge in [-0.2, -0.15) is 0 Å². The maximum atomic E-state index is 12.5. The number of carbonyl (C=O) groups excluding carboxylic acids is 1. The number of hydrogen-bond acceptors (Lipinski definition) is 5. The van der Waals surface area contributed by atoms with Crippen LogP contribution in [-0.2, 0) is 14.8 Å². The molecular weight excluding hydrogens is 354 g/mol. The van der Waals surface area contributed by atoms with E-state index in [0.717, 1.165) is 17.4 Å². The molecule has 0 aromatic heterocycles. The van der Waals surface area contributed by atoms with Crippen molar-refractivity contribution in [2.24, 2.45) is 11.8 Å².